The Labute approximate surface area is 185 Å². The smallest absolute Gasteiger partial charge is 0.270 e. The number of para-hydroxylation sites is 2. The number of fused-ring (bicyclic) bond motifs is 2. The molecule has 1 amide bonds. The summed E-state index contributed by atoms with van der Waals surface area (Å²) in [6.45, 7) is 0. The predicted octanol–water partition coefficient (Wildman–Crippen LogP) is 4.33. The Morgan fingerprint density at radius 3 is 2.12 bits per heavy atom. The van der Waals surface area contributed by atoms with Crippen LogP contribution in [0.25, 0.3) is 10.9 Å². The van der Waals surface area contributed by atoms with E-state index in [1.807, 2.05) is 54.6 Å². The molecule has 5 rings (SSSR count). The normalized spacial score (nSPS) is 13.2. The molecule has 0 spiro atoms. The molecule has 0 unspecified atom stereocenters. The molecule has 1 heterocycles. The summed E-state index contributed by atoms with van der Waals surface area (Å²) in [7, 11) is 1.63. The van der Waals surface area contributed by atoms with E-state index in [1.165, 1.54) is 9.47 Å². The van der Waals surface area contributed by atoms with Crippen LogP contribution in [-0.2, 0) is 12.8 Å². The fraction of sp³-hybridized carbons (Fsp3) is 0.148. The van der Waals surface area contributed by atoms with E-state index in [0.29, 0.717) is 29.4 Å². The van der Waals surface area contributed by atoms with Crippen molar-refractivity contribution >= 4 is 28.4 Å². The summed E-state index contributed by atoms with van der Waals surface area (Å²) >= 11 is 0. The number of carbonyl (C=O) groups excluding carboxylic acids is 2. The van der Waals surface area contributed by atoms with Crippen LogP contribution in [0, 0.1) is 5.92 Å². The molecule has 0 saturated heterocycles. The average molecular weight is 422 g/mol. The van der Waals surface area contributed by atoms with Crippen LogP contribution in [0.2, 0.25) is 0 Å². The SMILES string of the molecule is CN(C(=O)c1cc2ccccc2n(C(=O)C2Cc3ccccc3C2)c1=O)c1ccccc1. The van der Waals surface area contributed by atoms with E-state index in [0.717, 1.165) is 11.1 Å². The van der Waals surface area contributed by atoms with Gasteiger partial charge in [-0.05, 0) is 53.6 Å². The third-order valence-electron chi connectivity index (χ3n) is 6.21. The van der Waals surface area contributed by atoms with Gasteiger partial charge in [0.05, 0.1) is 5.52 Å². The van der Waals surface area contributed by atoms with Gasteiger partial charge in [-0.2, -0.15) is 0 Å². The second kappa shape index (κ2) is 7.93. The molecule has 0 bridgehead atoms. The Morgan fingerprint density at radius 1 is 0.844 bits per heavy atom. The number of pyridine rings is 1. The molecule has 158 valence electrons. The van der Waals surface area contributed by atoms with E-state index in [-0.39, 0.29) is 17.4 Å². The minimum absolute atomic E-state index is 0.0149. The summed E-state index contributed by atoms with van der Waals surface area (Å²) in [5.74, 6) is -1.03. The van der Waals surface area contributed by atoms with Crippen LogP contribution in [0.4, 0.5) is 5.69 Å². The lowest BCUT2D eigenvalue weighted by atomic mass is 10.0. The fourth-order valence-corrected chi connectivity index (χ4v) is 4.50. The zero-order chi connectivity index (χ0) is 22.2. The van der Waals surface area contributed by atoms with Crippen LogP contribution < -0.4 is 10.5 Å². The van der Waals surface area contributed by atoms with Crippen LogP contribution in [-0.4, -0.2) is 23.4 Å². The standard InChI is InChI=1S/C27H22N2O3/c1-28(22-12-3-2-4-13-22)26(31)23-17-20-11-7-8-14-24(20)29(27(23)32)25(30)21-15-18-9-5-6-10-19(18)16-21/h2-14,17,21H,15-16H2,1H3. The van der Waals surface area contributed by atoms with Crippen LogP contribution in [0.15, 0.2) is 89.7 Å². The molecule has 1 aromatic heterocycles. The van der Waals surface area contributed by atoms with Crippen LogP contribution in [0.3, 0.4) is 0 Å². The van der Waals surface area contributed by atoms with Crippen molar-refractivity contribution in [1.29, 1.82) is 0 Å². The maximum absolute atomic E-state index is 13.6. The Balaban J connectivity index is 1.60. The van der Waals surface area contributed by atoms with E-state index in [9.17, 15) is 14.4 Å². The lowest BCUT2D eigenvalue weighted by Gasteiger charge is -2.19. The lowest BCUT2D eigenvalue weighted by molar-refractivity contribution is 0.0840. The monoisotopic (exact) mass is 422 g/mol. The Kier molecular flexibility index (Phi) is 4.94. The highest BCUT2D eigenvalue weighted by Crippen LogP contribution is 2.28. The number of hydrogen-bond acceptors (Lipinski definition) is 3. The molecule has 0 N–H and O–H groups in total. The van der Waals surface area contributed by atoms with Gasteiger partial charge in [0.2, 0.25) is 5.91 Å². The first kappa shape index (κ1) is 19.9. The van der Waals surface area contributed by atoms with Gasteiger partial charge < -0.3 is 4.90 Å². The van der Waals surface area contributed by atoms with Gasteiger partial charge in [0.25, 0.3) is 11.5 Å². The first-order chi connectivity index (χ1) is 15.5. The van der Waals surface area contributed by atoms with Crippen molar-refractivity contribution in [3.8, 4) is 0 Å². The fourth-order valence-electron chi connectivity index (χ4n) is 4.50. The molecular weight excluding hydrogens is 400 g/mol. The highest BCUT2D eigenvalue weighted by atomic mass is 16.2. The quantitative estimate of drug-likeness (QED) is 0.494. The Bertz CT molecular complexity index is 1380. The molecule has 4 aromatic rings. The third-order valence-corrected chi connectivity index (χ3v) is 6.21. The number of amides is 1. The molecule has 0 fully saturated rings. The summed E-state index contributed by atoms with van der Waals surface area (Å²) in [5.41, 5.74) is 2.89. The van der Waals surface area contributed by atoms with Gasteiger partial charge in [-0.1, -0.05) is 60.7 Å². The van der Waals surface area contributed by atoms with Crippen molar-refractivity contribution in [3.05, 3.63) is 112 Å². The predicted molar refractivity (Wildman–Crippen MR) is 125 cm³/mol. The maximum Gasteiger partial charge on any atom is 0.270 e. The molecule has 0 saturated carbocycles. The van der Waals surface area contributed by atoms with E-state index in [1.54, 1.807) is 37.4 Å². The van der Waals surface area contributed by atoms with Gasteiger partial charge in [0.1, 0.15) is 5.56 Å². The van der Waals surface area contributed by atoms with E-state index >= 15 is 0 Å². The van der Waals surface area contributed by atoms with Crippen molar-refractivity contribution in [3.63, 3.8) is 0 Å². The Morgan fingerprint density at radius 2 is 1.44 bits per heavy atom. The number of rotatable bonds is 3. The first-order valence-electron chi connectivity index (χ1n) is 10.6. The average Bonchev–Trinajstić information content (AvgIpc) is 3.27. The largest absolute Gasteiger partial charge is 0.311 e. The number of hydrogen-bond donors (Lipinski definition) is 0. The number of nitrogens with zero attached hydrogens (tertiary/aromatic N) is 2. The van der Waals surface area contributed by atoms with Gasteiger partial charge in [-0.3, -0.25) is 14.4 Å². The third kappa shape index (κ3) is 3.32. The van der Waals surface area contributed by atoms with Gasteiger partial charge in [0, 0.05) is 18.7 Å². The number of carbonyl (C=O) groups is 2. The summed E-state index contributed by atoms with van der Waals surface area (Å²) < 4.78 is 1.21. The highest BCUT2D eigenvalue weighted by Gasteiger charge is 2.31. The minimum atomic E-state index is -0.572. The molecule has 1 aliphatic carbocycles. The molecule has 3 aromatic carbocycles. The van der Waals surface area contributed by atoms with Crippen molar-refractivity contribution < 1.29 is 9.59 Å². The van der Waals surface area contributed by atoms with Gasteiger partial charge in [0.15, 0.2) is 0 Å². The van der Waals surface area contributed by atoms with Crippen molar-refractivity contribution in [2.24, 2.45) is 5.92 Å². The number of anilines is 1. The molecule has 5 heteroatoms. The van der Waals surface area contributed by atoms with Crippen LogP contribution in [0.1, 0.15) is 26.3 Å². The molecule has 1 aliphatic rings. The summed E-state index contributed by atoms with van der Waals surface area (Å²) in [6.07, 6.45) is 1.19. The zero-order valence-corrected chi connectivity index (χ0v) is 17.7. The van der Waals surface area contributed by atoms with E-state index < -0.39 is 11.5 Å². The molecule has 32 heavy (non-hydrogen) atoms. The summed E-state index contributed by atoms with van der Waals surface area (Å²) in [6, 6.07) is 25.9. The van der Waals surface area contributed by atoms with Crippen LogP contribution in [0.5, 0.6) is 0 Å². The molecule has 0 atom stereocenters. The van der Waals surface area contributed by atoms with Crippen LogP contribution >= 0.6 is 0 Å². The topological polar surface area (TPSA) is 59.4 Å². The van der Waals surface area contributed by atoms with Gasteiger partial charge >= 0.3 is 0 Å². The maximum atomic E-state index is 13.6. The first-order valence-corrected chi connectivity index (χ1v) is 10.6. The highest BCUT2D eigenvalue weighted by molar-refractivity contribution is 6.08. The molecule has 5 nitrogen and oxygen atoms in total. The molecular formula is C27H22N2O3. The molecule has 0 aliphatic heterocycles. The number of benzene rings is 3. The Hall–Kier alpha value is -3.99. The van der Waals surface area contributed by atoms with Crippen molar-refractivity contribution in [2.75, 3.05) is 11.9 Å². The zero-order valence-electron chi connectivity index (χ0n) is 17.7. The van der Waals surface area contributed by atoms with Gasteiger partial charge in [-0.15, -0.1) is 0 Å². The van der Waals surface area contributed by atoms with Gasteiger partial charge in [-0.25, -0.2) is 4.57 Å². The molecule has 0 radical (unpaired) electrons. The lowest BCUT2D eigenvalue weighted by Crippen LogP contribution is -2.38. The summed E-state index contributed by atoms with van der Waals surface area (Å²) in [4.78, 5) is 41.9. The van der Waals surface area contributed by atoms with E-state index in [4.69, 9.17) is 0 Å². The second-order valence-corrected chi connectivity index (χ2v) is 8.17. The summed E-state index contributed by atoms with van der Waals surface area (Å²) in [5, 5.41) is 0.681. The minimum Gasteiger partial charge on any atom is -0.311 e. The second-order valence-electron chi connectivity index (χ2n) is 8.17. The number of aromatic nitrogens is 1. The van der Waals surface area contributed by atoms with Crippen molar-refractivity contribution in [1.82, 2.24) is 4.57 Å². The van der Waals surface area contributed by atoms with E-state index in [2.05, 4.69) is 0 Å². The van der Waals surface area contributed by atoms with Crippen molar-refractivity contribution in [2.45, 2.75) is 12.8 Å².